The van der Waals surface area contributed by atoms with Crippen LogP contribution in [0.2, 0.25) is 0 Å². The molecule has 4 nitrogen and oxygen atoms in total. The molecule has 1 aliphatic carbocycles. The second-order valence-corrected chi connectivity index (χ2v) is 6.15. The van der Waals surface area contributed by atoms with Crippen LogP contribution >= 0.6 is 0 Å². The van der Waals surface area contributed by atoms with Crippen LogP contribution in [-0.4, -0.2) is 24.4 Å². The van der Waals surface area contributed by atoms with Crippen molar-refractivity contribution in [1.82, 2.24) is 4.90 Å². The van der Waals surface area contributed by atoms with Gasteiger partial charge in [-0.2, -0.15) is 0 Å². The van der Waals surface area contributed by atoms with Crippen molar-refractivity contribution >= 4 is 5.91 Å². The molecule has 1 fully saturated rings. The van der Waals surface area contributed by atoms with Gasteiger partial charge in [-0.25, -0.2) is 0 Å². The summed E-state index contributed by atoms with van der Waals surface area (Å²) in [7, 11) is 1.84. The van der Waals surface area contributed by atoms with Crippen LogP contribution in [0.5, 0.6) is 0 Å². The van der Waals surface area contributed by atoms with Crippen molar-refractivity contribution in [1.29, 1.82) is 0 Å². The number of nitrogens with two attached hydrogens (primary N) is 1. The average molecular weight is 278 g/mol. The maximum atomic E-state index is 12.2. The number of nitrogens with zero attached hydrogens (tertiary/aromatic N) is 1. The molecule has 112 valence electrons. The van der Waals surface area contributed by atoms with Crippen LogP contribution in [0, 0.1) is 11.8 Å². The highest BCUT2D eigenvalue weighted by Gasteiger charge is 2.36. The van der Waals surface area contributed by atoms with E-state index in [0.29, 0.717) is 19.0 Å². The van der Waals surface area contributed by atoms with Crippen LogP contribution in [-0.2, 0) is 11.3 Å². The third-order valence-electron chi connectivity index (χ3n) is 4.19. The maximum Gasteiger partial charge on any atom is 0.225 e. The van der Waals surface area contributed by atoms with E-state index >= 15 is 0 Å². The topological polar surface area (TPSA) is 59.5 Å². The standard InChI is InChI=1S/C16H26N2O2/c1-11(5-4-8-17)16(19)18(3)10-13-6-7-15(20-13)14-9-12(14)2/h6-7,11-12,14H,4-5,8-10,17H2,1-3H3. The van der Waals surface area contributed by atoms with Gasteiger partial charge in [0.25, 0.3) is 0 Å². The first-order valence-corrected chi connectivity index (χ1v) is 7.56. The minimum atomic E-state index is 0.0291. The van der Waals surface area contributed by atoms with Crippen LogP contribution in [0.3, 0.4) is 0 Å². The lowest BCUT2D eigenvalue weighted by Crippen LogP contribution is -2.31. The summed E-state index contributed by atoms with van der Waals surface area (Å²) in [5, 5.41) is 0. The van der Waals surface area contributed by atoms with Crippen LogP contribution in [0.15, 0.2) is 16.5 Å². The monoisotopic (exact) mass is 278 g/mol. The third kappa shape index (κ3) is 3.63. The molecule has 0 saturated heterocycles. The zero-order valence-electron chi connectivity index (χ0n) is 12.8. The summed E-state index contributed by atoms with van der Waals surface area (Å²) >= 11 is 0. The molecule has 2 N–H and O–H groups in total. The SMILES string of the molecule is CC(CCCN)C(=O)N(C)Cc1ccc(C2CC2C)o1. The lowest BCUT2D eigenvalue weighted by Gasteiger charge is -2.20. The van der Waals surface area contributed by atoms with E-state index < -0.39 is 0 Å². The van der Waals surface area contributed by atoms with Gasteiger partial charge in [-0.3, -0.25) is 4.79 Å². The van der Waals surface area contributed by atoms with Gasteiger partial charge in [0.2, 0.25) is 5.91 Å². The van der Waals surface area contributed by atoms with E-state index in [0.717, 1.165) is 30.3 Å². The van der Waals surface area contributed by atoms with E-state index in [1.807, 2.05) is 20.0 Å². The van der Waals surface area contributed by atoms with E-state index in [9.17, 15) is 4.79 Å². The second kappa shape index (κ2) is 6.44. The smallest absolute Gasteiger partial charge is 0.225 e. The molecule has 3 unspecified atom stereocenters. The van der Waals surface area contributed by atoms with Gasteiger partial charge in [-0.05, 0) is 43.9 Å². The Morgan fingerprint density at radius 2 is 2.25 bits per heavy atom. The van der Waals surface area contributed by atoms with E-state index in [-0.39, 0.29) is 11.8 Å². The van der Waals surface area contributed by atoms with E-state index in [4.69, 9.17) is 10.2 Å². The minimum absolute atomic E-state index is 0.0291. The Morgan fingerprint density at radius 3 is 2.85 bits per heavy atom. The molecule has 0 radical (unpaired) electrons. The Bertz CT molecular complexity index is 455. The van der Waals surface area contributed by atoms with Crippen molar-refractivity contribution in [2.45, 2.75) is 45.6 Å². The Morgan fingerprint density at radius 1 is 1.55 bits per heavy atom. The highest BCUT2D eigenvalue weighted by Crippen LogP contribution is 2.47. The largest absolute Gasteiger partial charge is 0.464 e. The van der Waals surface area contributed by atoms with Gasteiger partial charge in [0.15, 0.2) is 0 Å². The Hall–Kier alpha value is -1.29. The highest BCUT2D eigenvalue weighted by molar-refractivity contribution is 5.78. The summed E-state index contributed by atoms with van der Waals surface area (Å²) in [6, 6.07) is 4.05. The molecule has 1 aromatic rings. The number of carbonyl (C=O) groups excluding carboxylic acids is 1. The number of hydrogen-bond acceptors (Lipinski definition) is 3. The highest BCUT2D eigenvalue weighted by atomic mass is 16.3. The van der Waals surface area contributed by atoms with Crippen LogP contribution in [0.4, 0.5) is 0 Å². The van der Waals surface area contributed by atoms with E-state index in [1.165, 1.54) is 6.42 Å². The van der Waals surface area contributed by atoms with Crippen molar-refractivity contribution in [3.8, 4) is 0 Å². The van der Waals surface area contributed by atoms with Crippen LogP contribution in [0.25, 0.3) is 0 Å². The molecule has 0 bridgehead atoms. The molecule has 3 atom stereocenters. The first-order chi connectivity index (χ1) is 9.52. The molecule has 1 heterocycles. The summed E-state index contributed by atoms with van der Waals surface area (Å²) in [6.45, 7) is 5.39. The predicted molar refractivity (Wildman–Crippen MR) is 79.2 cm³/mol. The van der Waals surface area contributed by atoms with Crippen molar-refractivity contribution in [3.05, 3.63) is 23.7 Å². The summed E-state index contributed by atoms with van der Waals surface area (Å²) < 4.78 is 5.85. The Kier molecular flexibility index (Phi) is 4.86. The van der Waals surface area contributed by atoms with E-state index in [2.05, 4.69) is 13.0 Å². The molecule has 20 heavy (non-hydrogen) atoms. The van der Waals surface area contributed by atoms with Gasteiger partial charge >= 0.3 is 0 Å². The molecular weight excluding hydrogens is 252 g/mol. The average Bonchev–Trinajstić information content (AvgIpc) is 2.98. The number of rotatable bonds is 7. The quantitative estimate of drug-likeness (QED) is 0.834. The summed E-state index contributed by atoms with van der Waals surface area (Å²) in [4.78, 5) is 14.0. The summed E-state index contributed by atoms with van der Waals surface area (Å²) in [5.41, 5.74) is 5.48. The van der Waals surface area contributed by atoms with Gasteiger partial charge in [0.1, 0.15) is 11.5 Å². The zero-order chi connectivity index (χ0) is 14.7. The third-order valence-corrected chi connectivity index (χ3v) is 4.19. The minimum Gasteiger partial charge on any atom is -0.464 e. The molecule has 4 heteroatoms. The lowest BCUT2D eigenvalue weighted by atomic mass is 10.0. The number of furan rings is 1. The summed E-state index contributed by atoms with van der Waals surface area (Å²) in [5.74, 6) is 3.47. The second-order valence-electron chi connectivity index (χ2n) is 6.15. The van der Waals surface area contributed by atoms with Crippen LogP contribution in [0.1, 0.15) is 50.5 Å². The van der Waals surface area contributed by atoms with Crippen molar-refractivity contribution in [2.75, 3.05) is 13.6 Å². The molecule has 2 rings (SSSR count). The maximum absolute atomic E-state index is 12.2. The molecule has 1 amide bonds. The first-order valence-electron chi connectivity index (χ1n) is 7.56. The fraction of sp³-hybridized carbons (Fsp3) is 0.688. The van der Waals surface area contributed by atoms with Crippen molar-refractivity contribution in [2.24, 2.45) is 17.6 Å². The van der Waals surface area contributed by atoms with Crippen molar-refractivity contribution in [3.63, 3.8) is 0 Å². The van der Waals surface area contributed by atoms with Gasteiger partial charge in [0.05, 0.1) is 6.54 Å². The molecule has 1 aliphatic rings. The van der Waals surface area contributed by atoms with E-state index in [1.54, 1.807) is 4.90 Å². The van der Waals surface area contributed by atoms with Gasteiger partial charge in [-0.15, -0.1) is 0 Å². The number of carbonyl (C=O) groups is 1. The molecule has 1 aromatic heterocycles. The number of amides is 1. The molecular formula is C16H26N2O2. The lowest BCUT2D eigenvalue weighted by molar-refractivity contribution is -0.134. The van der Waals surface area contributed by atoms with Crippen molar-refractivity contribution < 1.29 is 9.21 Å². The molecule has 1 saturated carbocycles. The zero-order valence-corrected chi connectivity index (χ0v) is 12.8. The fourth-order valence-corrected chi connectivity index (χ4v) is 2.63. The van der Waals surface area contributed by atoms with Gasteiger partial charge in [-0.1, -0.05) is 13.8 Å². The van der Waals surface area contributed by atoms with Crippen LogP contribution < -0.4 is 5.73 Å². The van der Waals surface area contributed by atoms with Gasteiger partial charge < -0.3 is 15.1 Å². The number of hydrogen-bond donors (Lipinski definition) is 1. The molecule has 0 aromatic carbocycles. The molecule has 0 aliphatic heterocycles. The van der Waals surface area contributed by atoms with Gasteiger partial charge in [0, 0.05) is 18.9 Å². The predicted octanol–water partition coefficient (Wildman–Crippen LogP) is 2.74. The Balaban J connectivity index is 1.85. The summed E-state index contributed by atoms with van der Waals surface area (Å²) in [6.07, 6.45) is 2.96. The normalized spacial score (nSPS) is 22.6. The Labute approximate surface area is 121 Å². The molecule has 0 spiro atoms. The first kappa shape index (κ1) is 15.1. The fourth-order valence-electron chi connectivity index (χ4n) is 2.63.